The number of benzene rings is 1. The van der Waals surface area contributed by atoms with Crippen LogP contribution in [0.15, 0.2) is 18.2 Å². The summed E-state index contributed by atoms with van der Waals surface area (Å²) >= 11 is 1.61. The van der Waals surface area contributed by atoms with E-state index in [9.17, 15) is 4.79 Å². The summed E-state index contributed by atoms with van der Waals surface area (Å²) < 4.78 is 1.08. The van der Waals surface area contributed by atoms with Crippen molar-refractivity contribution in [3.8, 4) is 0 Å². The number of rotatable bonds is 3. The first-order chi connectivity index (χ1) is 10.0. The smallest absolute Gasteiger partial charge is 0.407 e. The molecule has 7 heteroatoms. The summed E-state index contributed by atoms with van der Waals surface area (Å²) in [6.45, 7) is 2.06. The van der Waals surface area contributed by atoms with Gasteiger partial charge in [0, 0.05) is 32.4 Å². The van der Waals surface area contributed by atoms with Gasteiger partial charge in [0.25, 0.3) is 0 Å². The molecule has 0 bridgehead atoms. The van der Waals surface area contributed by atoms with Gasteiger partial charge in [0.05, 0.1) is 10.2 Å². The first kappa shape index (κ1) is 13.9. The Morgan fingerprint density at radius 2 is 2.43 bits per heavy atom. The second-order valence-corrected chi connectivity index (χ2v) is 6.50. The van der Waals surface area contributed by atoms with Crippen LogP contribution in [0, 0.1) is 5.92 Å². The van der Waals surface area contributed by atoms with Crippen molar-refractivity contribution in [2.24, 2.45) is 5.92 Å². The van der Waals surface area contributed by atoms with Crippen molar-refractivity contribution in [3.63, 3.8) is 0 Å². The molecule has 3 N–H and O–H groups in total. The lowest BCUT2D eigenvalue weighted by atomic mass is 10.1. The number of nitrogens with two attached hydrogens (primary N) is 1. The largest absolute Gasteiger partial charge is 0.465 e. The lowest BCUT2D eigenvalue weighted by Crippen LogP contribution is -2.30. The van der Waals surface area contributed by atoms with Gasteiger partial charge in [0.15, 0.2) is 5.13 Å². The second kappa shape index (κ2) is 5.40. The lowest BCUT2D eigenvalue weighted by molar-refractivity contribution is 0.154. The fraction of sp³-hybridized carbons (Fsp3) is 0.429. The number of nitrogens with zero attached hydrogens (tertiary/aromatic N) is 3. The van der Waals surface area contributed by atoms with Crippen LogP contribution in [0.2, 0.25) is 0 Å². The topological polar surface area (TPSA) is 82.7 Å². The Kier molecular flexibility index (Phi) is 3.59. The van der Waals surface area contributed by atoms with Crippen molar-refractivity contribution < 1.29 is 9.90 Å². The summed E-state index contributed by atoms with van der Waals surface area (Å²) in [4.78, 5) is 19.1. The van der Waals surface area contributed by atoms with Gasteiger partial charge in [-0.1, -0.05) is 11.3 Å². The third kappa shape index (κ3) is 2.87. The number of anilines is 2. The number of hydrogen-bond donors (Lipinski definition) is 2. The van der Waals surface area contributed by atoms with Crippen molar-refractivity contribution in [2.45, 2.75) is 6.42 Å². The van der Waals surface area contributed by atoms with Gasteiger partial charge in [-0.25, -0.2) is 9.78 Å². The molecule has 1 saturated heterocycles. The summed E-state index contributed by atoms with van der Waals surface area (Å²) in [5.74, 6) is 0.364. The van der Waals surface area contributed by atoms with Gasteiger partial charge in [0.1, 0.15) is 0 Å². The highest BCUT2D eigenvalue weighted by molar-refractivity contribution is 7.22. The van der Waals surface area contributed by atoms with Gasteiger partial charge in [0.2, 0.25) is 0 Å². The predicted molar refractivity (Wildman–Crippen MR) is 85.0 cm³/mol. The summed E-state index contributed by atoms with van der Waals surface area (Å²) in [6.07, 6.45) is 0.0877. The normalized spacial score (nSPS) is 18.3. The van der Waals surface area contributed by atoms with Crippen molar-refractivity contribution in [3.05, 3.63) is 18.2 Å². The fourth-order valence-electron chi connectivity index (χ4n) is 2.71. The first-order valence-corrected chi connectivity index (χ1v) is 7.69. The van der Waals surface area contributed by atoms with Crippen molar-refractivity contribution in [1.82, 2.24) is 9.88 Å². The van der Waals surface area contributed by atoms with Gasteiger partial charge >= 0.3 is 6.09 Å². The summed E-state index contributed by atoms with van der Waals surface area (Å²) in [5, 5.41) is 9.94. The molecule has 0 aliphatic carbocycles. The summed E-state index contributed by atoms with van der Waals surface area (Å²) in [6, 6.07) is 5.72. The first-order valence-electron chi connectivity index (χ1n) is 6.88. The highest BCUT2D eigenvalue weighted by atomic mass is 32.1. The molecule has 0 saturated carbocycles. The van der Waals surface area contributed by atoms with Crippen LogP contribution in [-0.4, -0.2) is 47.8 Å². The van der Waals surface area contributed by atoms with E-state index in [0.29, 0.717) is 19.0 Å². The molecular formula is C14H18N4O2S. The highest BCUT2D eigenvalue weighted by Crippen LogP contribution is 2.30. The number of carboxylic acid groups (broad SMARTS) is 1. The van der Waals surface area contributed by atoms with Crippen LogP contribution in [0.3, 0.4) is 0 Å². The lowest BCUT2D eigenvalue weighted by Gasteiger charge is -2.20. The zero-order valence-electron chi connectivity index (χ0n) is 11.8. The van der Waals surface area contributed by atoms with E-state index in [4.69, 9.17) is 10.8 Å². The van der Waals surface area contributed by atoms with Crippen LogP contribution >= 0.6 is 11.3 Å². The van der Waals surface area contributed by atoms with Crippen LogP contribution < -0.4 is 10.6 Å². The van der Waals surface area contributed by atoms with Crippen LogP contribution in [0.5, 0.6) is 0 Å². The van der Waals surface area contributed by atoms with Crippen molar-refractivity contribution in [1.29, 1.82) is 0 Å². The number of carbonyl (C=O) groups is 1. The Bertz CT molecular complexity index is 672. The van der Waals surface area contributed by atoms with E-state index in [2.05, 4.69) is 9.88 Å². The molecule has 1 aromatic carbocycles. The molecule has 1 aliphatic rings. The standard InChI is InChI=1S/C14H18N4O2S/c1-17(7-9-4-5-18(8-9)14(19)20)13-16-11-3-2-10(15)6-12(11)21-13/h2-3,6,9H,4-5,7-8,15H2,1H3,(H,19,20). The maximum absolute atomic E-state index is 10.9. The second-order valence-electron chi connectivity index (χ2n) is 5.49. The van der Waals surface area contributed by atoms with E-state index in [-0.39, 0.29) is 0 Å². The predicted octanol–water partition coefficient (Wildman–Crippen LogP) is 2.31. The Balaban J connectivity index is 1.69. The molecule has 1 unspecified atom stereocenters. The zero-order valence-corrected chi connectivity index (χ0v) is 12.6. The molecule has 112 valence electrons. The average molecular weight is 306 g/mol. The Labute approximate surface area is 126 Å². The van der Waals surface area contributed by atoms with Crippen LogP contribution in [0.4, 0.5) is 15.6 Å². The highest BCUT2D eigenvalue weighted by Gasteiger charge is 2.27. The van der Waals surface area contributed by atoms with E-state index < -0.39 is 6.09 Å². The van der Waals surface area contributed by atoms with Gasteiger partial charge in [-0.3, -0.25) is 0 Å². The number of amides is 1. The molecular weight excluding hydrogens is 288 g/mol. The quantitative estimate of drug-likeness (QED) is 0.850. The molecule has 1 aromatic heterocycles. The maximum atomic E-state index is 10.9. The summed E-state index contributed by atoms with van der Waals surface area (Å²) in [7, 11) is 2.00. The third-order valence-electron chi connectivity index (χ3n) is 3.82. The van der Waals surface area contributed by atoms with Gasteiger partial charge in [-0.2, -0.15) is 0 Å². The molecule has 0 spiro atoms. The minimum atomic E-state index is -0.824. The summed E-state index contributed by atoms with van der Waals surface area (Å²) in [5.41, 5.74) is 7.49. The number of fused-ring (bicyclic) bond motifs is 1. The molecule has 1 amide bonds. The molecule has 1 aliphatic heterocycles. The van der Waals surface area contributed by atoms with Crippen molar-refractivity contribution >= 4 is 38.5 Å². The monoisotopic (exact) mass is 306 g/mol. The minimum Gasteiger partial charge on any atom is -0.465 e. The Morgan fingerprint density at radius 3 is 3.14 bits per heavy atom. The van der Waals surface area contributed by atoms with E-state index in [0.717, 1.165) is 34.0 Å². The van der Waals surface area contributed by atoms with Gasteiger partial charge in [-0.15, -0.1) is 0 Å². The molecule has 1 fully saturated rings. The molecule has 2 heterocycles. The SMILES string of the molecule is CN(CC1CCN(C(=O)O)C1)c1nc2ccc(N)cc2s1. The van der Waals surface area contributed by atoms with Crippen LogP contribution in [0.25, 0.3) is 10.2 Å². The number of aromatic nitrogens is 1. The molecule has 1 atom stereocenters. The number of hydrogen-bond acceptors (Lipinski definition) is 5. The van der Waals surface area contributed by atoms with E-state index in [1.54, 1.807) is 11.3 Å². The van der Waals surface area contributed by atoms with Gasteiger partial charge < -0.3 is 20.6 Å². The van der Waals surface area contributed by atoms with E-state index in [1.165, 1.54) is 4.90 Å². The average Bonchev–Trinajstić information content (AvgIpc) is 3.04. The van der Waals surface area contributed by atoms with Gasteiger partial charge in [-0.05, 0) is 30.5 Å². The molecule has 0 radical (unpaired) electrons. The zero-order chi connectivity index (χ0) is 15.0. The molecule has 3 rings (SSSR count). The third-order valence-corrected chi connectivity index (χ3v) is 4.95. The number of thiazole rings is 1. The minimum absolute atomic E-state index is 0.364. The fourth-order valence-corrected chi connectivity index (χ4v) is 3.70. The number of nitrogen functional groups attached to an aromatic ring is 1. The maximum Gasteiger partial charge on any atom is 0.407 e. The molecule has 21 heavy (non-hydrogen) atoms. The molecule has 2 aromatic rings. The Hall–Kier alpha value is -2.02. The molecule has 6 nitrogen and oxygen atoms in total. The Morgan fingerprint density at radius 1 is 1.62 bits per heavy atom. The van der Waals surface area contributed by atoms with Crippen molar-refractivity contribution in [2.75, 3.05) is 37.3 Å². The van der Waals surface area contributed by atoms with Crippen LogP contribution in [-0.2, 0) is 0 Å². The van der Waals surface area contributed by atoms with Crippen LogP contribution in [0.1, 0.15) is 6.42 Å². The number of likely N-dealkylation sites (tertiary alicyclic amines) is 1. The van der Waals surface area contributed by atoms with E-state index in [1.807, 2.05) is 25.2 Å². The van der Waals surface area contributed by atoms with E-state index >= 15 is 0 Å².